The van der Waals surface area contributed by atoms with Crippen molar-refractivity contribution in [3.05, 3.63) is 0 Å². The van der Waals surface area contributed by atoms with Crippen molar-refractivity contribution in [2.45, 2.75) is 117 Å². The van der Waals surface area contributed by atoms with E-state index in [1.807, 2.05) is 34.6 Å². The molecule has 0 bridgehead atoms. The van der Waals surface area contributed by atoms with Crippen molar-refractivity contribution in [1.82, 2.24) is 20.9 Å². The molecule has 1 aliphatic heterocycles. The smallest absolute Gasteiger partial charge is 0.245 e. The number of nitrogens with zero attached hydrogens (tertiary/aromatic N) is 1. The third-order valence-corrected chi connectivity index (χ3v) is 7.66. The van der Waals surface area contributed by atoms with E-state index in [2.05, 4.69) is 16.0 Å². The molecule has 0 aromatic carbocycles. The maximum atomic E-state index is 13.4. The standard InChI is InChI=1S/C28H50N4O7/c1-11-16(5)21(30-27(38)23(17(6)12-2)32(10)19(8)34)25(36)31-22(18(7)33)26(37)29-20(13-15(3)4)24(35)28(9)14-39-28/h15-18,20-23,33H,11-14H2,1-10H3,(H,29,37)(H,30,38)(H,31,36)/t16-,17-,18+,20?,21?,22?,23?,28+/m0/s1. The minimum Gasteiger partial charge on any atom is -0.391 e. The molecule has 11 nitrogen and oxygen atoms in total. The Morgan fingerprint density at radius 3 is 1.77 bits per heavy atom. The van der Waals surface area contributed by atoms with Gasteiger partial charge in [0.15, 0.2) is 5.78 Å². The van der Waals surface area contributed by atoms with Crippen molar-refractivity contribution in [1.29, 1.82) is 0 Å². The van der Waals surface area contributed by atoms with Gasteiger partial charge in [-0.05, 0) is 38.0 Å². The molecule has 4 amide bonds. The van der Waals surface area contributed by atoms with Crippen LogP contribution in [0.3, 0.4) is 0 Å². The van der Waals surface area contributed by atoms with Crippen LogP contribution >= 0.6 is 0 Å². The van der Waals surface area contributed by atoms with Crippen LogP contribution in [0.15, 0.2) is 0 Å². The number of nitrogens with one attached hydrogen (secondary N) is 3. The van der Waals surface area contributed by atoms with Crippen LogP contribution < -0.4 is 16.0 Å². The van der Waals surface area contributed by atoms with Crippen LogP contribution in [0.2, 0.25) is 0 Å². The average Bonchev–Trinajstić information content (AvgIpc) is 3.61. The fourth-order valence-electron chi connectivity index (χ4n) is 4.41. The van der Waals surface area contributed by atoms with Gasteiger partial charge in [-0.1, -0.05) is 54.4 Å². The molecule has 0 aromatic heterocycles. The number of hydrogen-bond acceptors (Lipinski definition) is 7. The summed E-state index contributed by atoms with van der Waals surface area (Å²) in [7, 11) is 1.55. The minimum atomic E-state index is -1.36. The highest BCUT2D eigenvalue weighted by molar-refractivity contribution is 5.99. The summed E-state index contributed by atoms with van der Waals surface area (Å²) in [5, 5.41) is 18.5. The van der Waals surface area contributed by atoms with Gasteiger partial charge in [0.25, 0.3) is 0 Å². The number of amides is 4. The van der Waals surface area contributed by atoms with Gasteiger partial charge in [-0.3, -0.25) is 24.0 Å². The van der Waals surface area contributed by atoms with Gasteiger partial charge in [0, 0.05) is 14.0 Å². The summed E-state index contributed by atoms with van der Waals surface area (Å²) in [6.07, 6.45) is 0.280. The number of carbonyl (C=O) groups is 5. The molecule has 1 heterocycles. The molecule has 1 rings (SSSR count). The quantitative estimate of drug-likeness (QED) is 0.209. The van der Waals surface area contributed by atoms with E-state index in [4.69, 9.17) is 4.74 Å². The second kappa shape index (κ2) is 14.7. The summed E-state index contributed by atoms with van der Waals surface area (Å²) < 4.78 is 5.27. The second-order valence-electron chi connectivity index (χ2n) is 11.6. The zero-order valence-electron chi connectivity index (χ0n) is 25.3. The molecule has 224 valence electrons. The Labute approximate surface area is 233 Å². The number of aliphatic hydroxyl groups is 1. The van der Waals surface area contributed by atoms with E-state index in [1.54, 1.807) is 20.9 Å². The van der Waals surface area contributed by atoms with E-state index >= 15 is 0 Å². The summed E-state index contributed by atoms with van der Waals surface area (Å²) in [6.45, 7) is 16.0. The van der Waals surface area contributed by atoms with Gasteiger partial charge in [0.2, 0.25) is 23.6 Å². The normalized spacial score (nSPS) is 21.9. The van der Waals surface area contributed by atoms with Gasteiger partial charge in [-0.15, -0.1) is 0 Å². The van der Waals surface area contributed by atoms with Crippen LogP contribution in [0.1, 0.15) is 81.6 Å². The Bertz CT molecular complexity index is 887. The maximum Gasteiger partial charge on any atom is 0.245 e. The predicted octanol–water partition coefficient (Wildman–Crippen LogP) is 1.16. The second-order valence-corrected chi connectivity index (χ2v) is 11.6. The average molecular weight is 555 g/mol. The molecule has 0 saturated carbocycles. The Hall–Kier alpha value is -2.53. The van der Waals surface area contributed by atoms with E-state index < -0.39 is 53.6 Å². The highest BCUT2D eigenvalue weighted by Gasteiger charge is 2.50. The van der Waals surface area contributed by atoms with Gasteiger partial charge in [0.05, 0.1) is 18.8 Å². The Kier molecular flexibility index (Phi) is 13.0. The fraction of sp³-hybridized carbons (Fsp3) is 0.821. The minimum absolute atomic E-state index is 0.0952. The molecule has 1 aliphatic rings. The van der Waals surface area contributed by atoms with Crippen LogP contribution in [0, 0.1) is 17.8 Å². The molecule has 11 heteroatoms. The third kappa shape index (κ3) is 9.56. The molecular formula is C28H50N4O7. The van der Waals surface area contributed by atoms with Crippen LogP contribution in [0.4, 0.5) is 0 Å². The Morgan fingerprint density at radius 1 is 0.872 bits per heavy atom. The molecule has 39 heavy (non-hydrogen) atoms. The Balaban J connectivity index is 3.15. The summed E-state index contributed by atoms with van der Waals surface area (Å²) in [4.78, 5) is 66.4. The number of carbonyl (C=O) groups excluding carboxylic acids is 5. The SMILES string of the molecule is CC[C@H](C)C(NC(=O)C([C@@H](C)CC)N(C)C(C)=O)C(=O)NC(C(=O)NC(CC(C)C)C(=O)[C@@]1(C)CO1)[C@@H](C)O. The van der Waals surface area contributed by atoms with Gasteiger partial charge in [0.1, 0.15) is 23.7 Å². The third-order valence-electron chi connectivity index (χ3n) is 7.66. The molecule has 0 radical (unpaired) electrons. The molecule has 0 aliphatic carbocycles. The lowest BCUT2D eigenvalue weighted by Gasteiger charge is -2.34. The van der Waals surface area contributed by atoms with Crippen LogP contribution in [-0.4, -0.2) is 88.9 Å². The number of ether oxygens (including phenoxy) is 1. The first-order chi connectivity index (χ1) is 18.0. The number of aliphatic hydroxyl groups excluding tert-OH is 1. The summed E-state index contributed by atoms with van der Waals surface area (Å²) in [5.74, 6) is -2.73. The van der Waals surface area contributed by atoms with E-state index in [1.165, 1.54) is 18.7 Å². The highest BCUT2D eigenvalue weighted by Crippen LogP contribution is 2.29. The maximum absolute atomic E-state index is 13.4. The number of rotatable bonds is 16. The predicted molar refractivity (Wildman–Crippen MR) is 147 cm³/mol. The first-order valence-electron chi connectivity index (χ1n) is 14.0. The van der Waals surface area contributed by atoms with E-state index in [9.17, 15) is 29.1 Å². The van der Waals surface area contributed by atoms with Gasteiger partial charge >= 0.3 is 0 Å². The first kappa shape index (κ1) is 34.5. The lowest BCUT2D eigenvalue weighted by atomic mass is 9.92. The zero-order valence-corrected chi connectivity index (χ0v) is 25.3. The van der Waals surface area contributed by atoms with Crippen LogP contribution in [-0.2, 0) is 28.7 Å². The summed E-state index contributed by atoms with van der Waals surface area (Å²) in [6, 6.07) is -4.00. The molecule has 4 unspecified atom stereocenters. The van der Waals surface area contributed by atoms with E-state index in [0.29, 0.717) is 19.3 Å². The zero-order chi connectivity index (χ0) is 30.2. The number of epoxide rings is 1. The van der Waals surface area contributed by atoms with Gasteiger partial charge in [-0.2, -0.15) is 0 Å². The lowest BCUT2D eigenvalue weighted by molar-refractivity contribution is -0.141. The monoisotopic (exact) mass is 554 g/mol. The van der Waals surface area contributed by atoms with Gasteiger partial charge in [-0.25, -0.2) is 0 Å². The highest BCUT2D eigenvalue weighted by atomic mass is 16.6. The number of hydrogen-bond donors (Lipinski definition) is 4. The van der Waals surface area contributed by atoms with Crippen molar-refractivity contribution in [2.24, 2.45) is 17.8 Å². The fourth-order valence-corrected chi connectivity index (χ4v) is 4.41. The van der Waals surface area contributed by atoms with Crippen LogP contribution in [0.5, 0.6) is 0 Å². The lowest BCUT2D eigenvalue weighted by Crippen LogP contribution is -2.62. The van der Waals surface area contributed by atoms with Crippen molar-refractivity contribution >= 4 is 29.4 Å². The molecule has 0 spiro atoms. The van der Waals surface area contributed by atoms with Gasteiger partial charge < -0.3 is 30.7 Å². The molecule has 0 aromatic rings. The number of ketones is 1. The van der Waals surface area contributed by atoms with Crippen molar-refractivity contribution in [2.75, 3.05) is 13.7 Å². The van der Waals surface area contributed by atoms with Crippen molar-refractivity contribution in [3.8, 4) is 0 Å². The Morgan fingerprint density at radius 2 is 1.36 bits per heavy atom. The molecule has 1 fully saturated rings. The van der Waals surface area contributed by atoms with E-state index in [-0.39, 0.29) is 36.1 Å². The summed E-state index contributed by atoms with van der Waals surface area (Å²) in [5.41, 5.74) is -0.943. The van der Waals surface area contributed by atoms with Crippen LogP contribution in [0.25, 0.3) is 0 Å². The van der Waals surface area contributed by atoms with Crippen molar-refractivity contribution in [3.63, 3.8) is 0 Å². The molecule has 8 atom stereocenters. The summed E-state index contributed by atoms with van der Waals surface area (Å²) >= 11 is 0. The first-order valence-corrected chi connectivity index (χ1v) is 14.0. The van der Waals surface area contributed by atoms with E-state index in [0.717, 1.165) is 0 Å². The largest absolute Gasteiger partial charge is 0.391 e. The number of likely N-dealkylation sites (N-methyl/N-ethyl adjacent to an activating group) is 1. The molecule has 1 saturated heterocycles. The molecular weight excluding hydrogens is 504 g/mol. The number of Topliss-reactive ketones (excluding diaryl/α,β-unsaturated/α-hetero) is 1. The van der Waals surface area contributed by atoms with Crippen molar-refractivity contribution < 1.29 is 33.8 Å². The topological polar surface area (TPSA) is 157 Å². The molecule has 4 N–H and O–H groups in total.